The van der Waals surface area contributed by atoms with Gasteiger partial charge in [0.2, 0.25) is 0 Å². The van der Waals surface area contributed by atoms with Crippen LogP contribution in [-0.4, -0.2) is 32.5 Å². The summed E-state index contributed by atoms with van der Waals surface area (Å²) in [6.07, 6.45) is 3.40. The number of nitro groups is 1. The monoisotopic (exact) mass is 283 g/mol. The van der Waals surface area contributed by atoms with Gasteiger partial charge in [-0.2, -0.15) is 5.10 Å². The molecule has 0 bridgehead atoms. The van der Waals surface area contributed by atoms with Crippen LogP contribution >= 0.6 is 0 Å². The third kappa shape index (κ3) is 2.92. The molecule has 2 rings (SSSR count). The summed E-state index contributed by atoms with van der Waals surface area (Å²) in [6, 6.07) is 0. The summed E-state index contributed by atoms with van der Waals surface area (Å²) in [5.74, 6) is 0.602. The van der Waals surface area contributed by atoms with E-state index in [2.05, 4.69) is 5.10 Å². The summed E-state index contributed by atoms with van der Waals surface area (Å²) < 4.78 is 7.41. The van der Waals surface area contributed by atoms with E-state index in [1.165, 1.54) is 0 Å². The van der Waals surface area contributed by atoms with Crippen LogP contribution in [0.4, 0.5) is 5.69 Å². The molecule has 0 saturated heterocycles. The Hall–Kier alpha value is -1.63. The van der Waals surface area contributed by atoms with Crippen molar-refractivity contribution in [2.24, 2.45) is 5.92 Å². The minimum absolute atomic E-state index is 0.0297. The molecule has 7 heteroatoms. The molecule has 0 aliphatic heterocycles. The van der Waals surface area contributed by atoms with Gasteiger partial charge in [0.1, 0.15) is 11.8 Å². The van der Waals surface area contributed by atoms with Gasteiger partial charge in [0.05, 0.1) is 4.92 Å². The normalized spacial score (nSPS) is 22.8. The van der Waals surface area contributed by atoms with Crippen LogP contribution in [0, 0.1) is 23.0 Å². The first-order chi connectivity index (χ1) is 9.56. The topological polar surface area (TPSA) is 90.4 Å². The van der Waals surface area contributed by atoms with E-state index in [1.807, 2.05) is 6.92 Å². The summed E-state index contributed by atoms with van der Waals surface area (Å²) in [7, 11) is 0. The highest BCUT2D eigenvalue weighted by Gasteiger charge is 2.30. The lowest BCUT2D eigenvalue weighted by molar-refractivity contribution is -0.386. The second-order valence-corrected chi connectivity index (χ2v) is 5.26. The molecule has 0 radical (unpaired) electrons. The molecular formula is C13H21N3O4. The molecule has 0 unspecified atom stereocenters. The zero-order chi connectivity index (χ0) is 14.7. The second-order valence-electron chi connectivity index (χ2n) is 5.26. The predicted molar refractivity (Wildman–Crippen MR) is 72.8 cm³/mol. The quantitative estimate of drug-likeness (QED) is 0.659. The Labute approximate surface area is 117 Å². The highest BCUT2D eigenvalue weighted by molar-refractivity contribution is 5.45. The van der Waals surface area contributed by atoms with Crippen LogP contribution in [0.3, 0.4) is 0 Å². The summed E-state index contributed by atoms with van der Waals surface area (Å²) in [5.41, 5.74) is 0.354. The molecule has 1 aromatic heterocycles. The van der Waals surface area contributed by atoms with Gasteiger partial charge in [0.25, 0.3) is 5.88 Å². The molecule has 7 nitrogen and oxygen atoms in total. The average molecular weight is 283 g/mol. The fraction of sp³-hybridized carbons (Fsp3) is 0.769. The lowest BCUT2D eigenvalue weighted by Crippen LogP contribution is -2.26. The van der Waals surface area contributed by atoms with E-state index < -0.39 is 4.92 Å². The van der Waals surface area contributed by atoms with Crippen molar-refractivity contribution in [2.45, 2.75) is 52.2 Å². The zero-order valence-corrected chi connectivity index (χ0v) is 11.9. The van der Waals surface area contributed by atoms with E-state index in [1.54, 1.807) is 11.6 Å². The first-order valence-corrected chi connectivity index (χ1v) is 7.06. The van der Waals surface area contributed by atoms with Crippen molar-refractivity contribution >= 4 is 5.69 Å². The van der Waals surface area contributed by atoms with Crippen molar-refractivity contribution in [1.82, 2.24) is 9.78 Å². The maximum atomic E-state index is 11.2. The molecule has 0 atom stereocenters. The van der Waals surface area contributed by atoms with Crippen molar-refractivity contribution in [3.8, 4) is 5.88 Å². The van der Waals surface area contributed by atoms with Gasteiger partial charge in [-0.1, -0.05) is 0 Å². The predicted octanol–water partition coefficient (Wildman–Crippen LogP) is 2.05. The lowest BCUT2D eigenvalue weighted by atomic mass is 9.88. The first kappa shape index (κ1) is 14.8. The fourth-order valence-electron chi connectivity index (χ4n) is 2.68. The fourth-order valence-corrected chi connectivity index (χ4v) is 2.68. The first-order valence-electron chi connectivity index (χ1n) is 7.06. The van der Waals surface area contributed by atoms with Crippen molar-refractivity contribution in [1.29, 1.82) is 0 Å². The van der Waals surface area contributed by atoms with Gasteiger partial charge in [-0.15, -0.1) is 0 Å². The smallest absolute Gasteiger partial charge is 0.353 e. The largest absolute Gasteiger partial charge is 0.470 e. The Kier molecular flexibility index (Phi) is 4.59. The maximum Gasteiger partial charge on any atom is 0.353 e. The Morgan fingerprint density at radius 3 is 2.60 bits per heavy atom. The molecule has 1 aliphatic rings. The molecule has 1 heterocycles. The highest BCUT2D eigenvalue weighted by atomic mass is 16.6. The van der Waals surface area contributed by atoms with E-state index in [0.717, 1.165) is 25.7 Å². The number of nitrogens with zero attached hydrogens (tertiary/aromatic N) is 3. The molecule has 1 fully saturated rings. The number of hydrogen-bond acceptors (Lipinski definition) is 5. The molecule has 1 saturated carbocycles. The Bertz CT molecular complexity index is 478. The number of aromatic nitrogens is 2. The molecule has 1 N–H and O–H groups in total. The molecule has 0 aromatic carbocycles. The van der Waals surface area contributed by atoms with Gasteiger partial charge >= 0.3 is 5.69 Å². The number of aliphatic hydroxyl groups is 1. The summed E-state index contributed by atoms with van der Waals surface area (Å²) in [4.78, 5) is 10.7. The van der Waals surface area contributed by atoms with Crippen molar-refractivity contribution in [3.63, 3.8) is 0 Å². The third-order valence-corrected chi connectivity index (χ3v) is 3.86. The minimum atomic E-state index is -0.427. The minimum Gasteiger partial charge on any atom is -0.470 e. The molecule has 20 heavy (non-hydrogen) atoms. The van der Waals surface area contributed by atoms with Gasteiger partial charge in [0, 0.05) is 13.2 Å². The molecule has 0 spiro atoms. The van der Waals surface area contributed by atoms with Gasteiger partial charge in [-0.05, 0) is 45.4 Å². The van der Waals surface area contributed by atoms with E-state index in [-0.39, 0.29) is 24.3 Å². The van der Waals surface area contributed by atoms with Gasteiger partial charge in [-0.25, -0.2) is 4.68 Å². The summed E-state index contributed by atoms with van der Waals surface area (Å²) in [5, 5.41) is 24.4. The van der Waals surface area contributed by atoms with Gasteiger partial charge in [0.15, 0.2) is 0 Å². The van der Waals surface area contributed by atoms with Crippen LogP contribution in [0.25, 0.3) is 0 Å². The van der Waals surface area contributed by atoms with Crippen molar-refractivity contribution in [3.05, 3.63) is 15.8 Å². The number of aliphatic hydroxyl groups excluding tert-OH is 1. The van der Waals surface area contributed by atoms with Crippen LogP contribution in [0.15, 0.2) is 0 Å². The van der Waals surface area contributed by atoms with Crippen LogP contribution in [0.1, 0.15) is 38.3 Å². The molecule has 0 amide bonds. The van der Waals surface area contributed by atoms with Crippen molar-refractivity contribution in [2.75, 3.05) is 6.61 Å². The second kappa shape index (κ2) is 6.21. The van der Waals surface area contributed by atoms with Gasteiger partial charge in [-0.3, -0.25) is 10.1 Å². The van der Waals surface area contributed by atoms with Gasteiger partial charge < -0.3 is 9.84 Å². The SMILES string of the molecule is CCn1nc(C)c([N+](=O)[O-])c1OC1CCC(CO)CC1. The van der Waals surface area contributed by atoms with Crippen molar-refractivity contribution < 1.29 is 14.8 Å². The zero-order valence-electron chi connectivity index (χ0n) is 11.9. The number of hydrogen-bond donors (Lipinski definition) is 1. The maximum absolute atomic E-state index is 11.2. The standard InChI is InChI=1S/C13H21N3O4/c1-3-15-13(12(16(18)19)9(2)14-15)20-11-6-4-10(8-17)5-7-11/h10-11,17H,3-8H2,1-2H3. The number of ether oxygens (including phenoxy) is 1. The van der Waals surface area contributed by atoms with Crippen LogP contribution in [-0.2, 0) is 6.54 Å². The summed E-state index contributed by atoms with van der Waals surface area (Å²) >= 11 is 0. The Morgan fingerprint density at radius 2 is 2.10 bits per heavy atom. The highest BCUT2D eigenvalue weighted by Crippen LogP contribution is 2.34. The Balaban J connectivity index is 2.14. The van der Waals surface area contributed by atoms with Crippen LogP contribution in [0.5, 0.6) is 5.88 Å². The molecule has 1 aromatic rings. The third-order valence-electron chi connectivity index (χ3n) is 3.86. The molecule has 1 aliphatic carbocycles. The molecule has 112 valence electrons. The average Bonchev–Trinajstić information content (AvgIpc) is 2.75. The van der Waals surface area contributed by atoms with E-state index in [0.29, 0.717) is 18.2 Å². The summed E-state index contributed by atoms with van der Waals surface area (Å²) in [6.45, 7) is 4.25. The Morgan fingerprint density at radius 1 is 1.45 bits per heavy atom. The van der Waals surface area contributed by atoms with E-state index in [9.17, 15) is 10.1 Å². The van der Waals surface area contributed by atoms with Crippen LogP contribution < -0.4 is 4.74 Å². The molecular weight excluding hydrogens is 262 g/mol. The van der Waals surface area contributed by atoms with E-state index >= 15 is 0 Å². The lowest BCUT2D eigenvalue weighted by Gasteiger charge is -2.27. The number of aryl methyl sites for hydroxylation is 2. The van der Waals surface area contributed by atoms with E-state index in [4.69, 9.17) is 9.84 Å². The van der Waals surface area contributed by atoms with Crippen LogP contribution in [0.2, 0.25) is 0 Å². The number of rotatable bonds is 5.